The van der Waals surface area contributed by atoms with Crippen LogP contribution in [0.5, 0.6) is 0 Å². The Morgan fingerprint density at radius 1 is 1.16 bits per heavy atom. The van der Waals surface area contributed by atoms with Crippen molar-refractivity contribution in [3.8, 4) is 6.07 Å². The summed E-state index contributed by atoms with van der Waals surface area (Å²) in [6.45, 7) is 0.162. The van der Waals surface area contributed by atoms with E-state index in [1.807, 2.05) is 6.07 Å². The Labute approximate surface area is 148 Å². The van der Waals surface area contributed by atoms with Gasteiger partial charge in [0.15, 0.2) is 15.5 Å². The minimum atomic E-state index is -3.45. The van der Waals surface area contributed by atoms with Crippen LogP contribution in [0.4, 0.5) is 0 Å². The number of aromatic nitrogens is 3. The van der Waals surface area contributed by atoms with Gasteiger partial charge >= 0.3 is 5.69 Å². The number of nitrogens with zero attached hydrogens (tertiary/aromatic N) is 4. The summed E-state index contributed by atoms with van der Waals surface area (Å²) < 4.78 is 27.0. The predicted molar refractivity (Wildman–Crippen MR) is 92.3 cm³/mol. The molecule has 0 N–H and O–H groups in total. The Bertz CT molecular complexity index is 1120. The molecular weight excluding hydrogens is 364 g/mol. The van der Waals surface area contributed by atoms with Crippen LogP contribution in [0.15, 0.2) is 52.3 Å². The van der Waals surface area contributed by atoms with E-state index in [9.17, 15) is 13.2 Å². The molecule has 7 nitrogen and oxygen atoms in total. The van der Waals surface area contributed by atoms with Crippen LogP contribution in [0.1, 0.15) is 12.0 Å². The lowest BCUT2D eigenvalue weighted by Crippen LogP contribution is -2.22. The van der Waals surface area contributed by atoms with E-state index in [2.05, 4.69) is 5.10 Å². The molecule has 0 radical (unpaired) electrons. The van der Waals surface area contributed by atoms with E-state index in [4.69, 9.17) is 16.9 Å². The smallest absolute Gasteiger partial charge is 0.249 e. The van der Waals surface area contributed by atoms with Gasteiger partial charge in [-0.25, -0.2) is 22.3 Å². The van der Waals surface area contributed by atoms with E-state index in [0.29, 0.717) is 16.2 Å². The molecule has 25 heavy (non-hydrogen) atoms. The topological polar surface area (TPSA) is 97.2 Å². The highest BCUT2D eigenvalue weighted by Gasteiger charge is 2.15. The summed E-state index contributed by atoms with van der Waals surface area (Å²) >= 11 is 5.76. The fourth-order valence-corrected chi connectivity index (χ4v) is 3.82. The standard InChI is InChI=1S/C16H13ClN4O3S/c17-13-3-5-14(6-4-13)25(23,24)9-1-8-21-16(22)20-11-12(10-18)2-7-15(20)19-21/h2-7,11H,1,8-9H2. The first-order chi connectivity index (χ1) is 11.9. The zero-order valence-electron chi connectivity index (χ0n) is 13.0. The van der Waals surface area contributed by atoms with E-state index < -0.39 is 15.5 Å². The quantitative estimate of drug-likeness (QED) is 0.677. The molecule has 9 heteroatoms. The van der Waals surface area contributed by atoms with Crippen molar-refractivity contribution in [2.75, 3.05) is 5.75 Å². The maximum atomic E-state index is 12.3. The van der Waals surface area contributed by atoms with Crippen LogP contribution >= 0.6 is 11.6 Å². The molecule has 0 unspecified atom stereocenters. The molecule has 0 atom stereocenters. The summed E-state index contributed by atoms with van der Waals surface area (Å²) in [5, 5.41) is 13.5. The van der Waals surface area contributed by atoms with Crippen molar-refractivity contribution >= 4 is 27.1 Å². The fourth-order valence-electron chi connectivity index (χ4n) is 2.39. The highest BCUT2D eigenvalue weighted by Crippen LogP contribution is 2.16. The van der Waals surface area contributed by atoms with Gasteiger partial charge in [0.05, 0.1) is 16.2 Å². The minimum Gasteiger partial charge on any atom is -0.249 e. The van der Waals surface area contributed by atoms with Gasteiger partial charge in [-0.05, 0) is 42.8 Å². The van der Waals surface area contributed by atoms with Gasteiger partial charge in [0.2, 0.25) is 0 Å². The van der Waals surface area contributed by atoms with Gasteiger partial charge in [0.25, 0.3) is 0 Å². The molecular formula is C16H13ClN4O3S. The van der Waals surface area contributed by atoms with Gasteiger partial charge in [-0.3, -0.25) is 0 Å². The van der Waals surface area contributed by atoms with E-state index in [-0.39, 0.29) is 23.6 Å². The number of nitriles is 1. The number of sulfone groups is 1. The van der Waals surface area contributed by atoms with Gasteiger partial charge in [0.1, 0.15) is 6.07 Å². The van der Waals surface area contributed by atoms with Crippen molar-refractivity contribution in [3.63, 3.8) is 0 Å². The lowest BCUT2D eigenvalue weighted by atomic mass is 10.3. The molecule has 0 bridgehead atoms. The number of fused-ring (bicyclic) bond motifs is 1. The van der Waals surface area contributed by atoms with Gasteiger partial charge in [-0.2, -0.15) is 5.26 Å². The van der Waals surface area contributed by atoms with Gasteiger partial charge in [-0.15, -0.1) is 5.10 Å². The summed E-state index contributed by atoms with van der Waals surface area (Å²) in [6, 6.07) is 11.0. The Hall–Kier alpha value is -2.63. The molecule has 128 valence electrons. The van der Waals surface area contributed by atoms with Crippen LogP contribution in [-0.2, 0) is 16.4 Å². The second-order valence-corrected chi connectivity index (χ2v) is 7.94. The maximum Gasteiger partial charge on any atom is 0.350 e. The SMILES string of the molecule is N#Cc1ccc2nn(CCCS(=O)(=O)c3ccc(Cl)cc3)c(=O)n2c1. The van der Waals surface area contributed by atoms with E-state index in [1.54, 1.807) is 12.1 Å². The summed E-state index contributed by atoms with van der Waals surface area (Å²) in [5.41, 5.74) is 0.347. The van der Waals surface area contributed by atoms with Crippen LogP contribution in [0, 0.1) is 11.3 Å². The first-order valence-corrected chi connectivity index (χ1v) is 9.41. The van der Waals surface area contributed by atoms with Crippen LogP contribution < -0.4 is 5.69 Å². The number of hydrogen-bond donors (Lipinski definition) is 0. The second kappa shape index (κ2) is 6.70. The monoisotopic (exact) mass is 376 g/mol. The van der Waals surface area contributed by atoms with Gasteiger partial charge in [0, 0.05) is 17.8 Å². The average molecular weight is 377 g/mol. The molecule has 3 aromatic rings. The molecule has 1 aromatic carbocycles. The number of rotatable bonds is 5. The molecule has 0 saturated carbocycles. The number of hydrogen-bond acceptors (Lipinski definition) is 5. The van der Waals surface area contributed by atoms with Crippen molar-refractivity contribution < 1.29 is 8.42 Å². The summed E-state index contributed by atoms with van der Waals surface area (Å²) in [4.78, 5) is 12.4. The molecule has 0 spiro atoms. The molecule has 2 aromatic heterocycles. The third-order valence-electron chi connectivity index (χ3n) is 3.66. The second-order valence-electron chi connectivity index (χ2n) is 5.39. The van der Waals surface area contributed by atoms with Crippen LogP contribution in [-0.4, -0.2) is 28.4 Å². The van der Waals surface area contributed by atoms with Crippen molar-refractivity contribution in [2.24, 2.45) is 0 Å². The Kier molecular flexibility index (Phi) is 4.61. The Morgan fingerprint density at radius 2 is 1.88 bits per heavy atom. The highest BCUT2D eigenvalue weighted by atomic mass is 35.5. The van der Waals surface area contributed by atoms with E-state index in [0.717, 1.165) is 0 Å². The zero-order valence-corrected chi connectivity index (χ0v) is 14.5. The minimum absolute atomic E-state index is 0.113. The number of benzene rings is 1. The molecule has 0 amide bonds. The third-order valence-corrected chi connectivity index (χ3v) is 5.73. The molecule has 2 heterocycles. The van der Waals surface area contributed by atoms with Crippen LogP contribution in [0.3, 0.4) is 0 Å². The van der Waals surface area contributed by atoms with Gasteiger partial charge in [-0.1, -0.05) is 11.6 Å². The molecule has 0 saturated heterocycles. The van der Waals surface area contributed by atoms with E-state index in [1.165, 1.54) is 39.5 Å². The first kappa shape index (κ1) is 17.2. The molecule has 0 aliphatic carbocycles. The summed E-state index contributed by atoms with van der Waals surface area (Å²) in [7, 11) is -3.45. The third kappa shape index (κ3) is 3.57. The van der Waals surface area contributed by atoms with Crippen molar-refractivity contribution in [3.05, 3.63) is 63.7 Å². The molecule has 0 aliphatic rings. The average Bonchev–Trinajstić information content (AvgIpc) is 2.91. The van der Waals surface area contributed by atoms with Crippen LogP contribution in [0.2, 0.25) is 5.02 Å². The van der Waals surface area contributed by atoms with Crippen molar-refractivity contribution in [1.29, 1.82) is 5.26 Å². The fraction of sp³-hybridized carbons (Fsp3) is 0.188. The highest BCUT2D eigenvalue weighted by molar-refractivity contribution is 7.91. The Morgan fingerprint density at radius 3 is 2.56 bits per heavy atom. The van der Waals surface area contributed by atoms with Crippen molar-refractivity contribution in [1.82, 2.24) is 14.2 Å². The number of pyridine rings is 1. The lowest BCUT2D eigenvalue weighted by Gasteiger charge is -2.04. The van der Waals surface area contributed by atoms with E-state index >= 15 is 0 Å². The van der Waals surface area contributed by atoms with Gasteiger partial charge < -0.3 is 0 Å². The van der Waals surface area contributed by atoms with Crippen LogP contribution in [0.25, 0.3) is 5.65 Å². The summed E-state index contributed by atoms with van der Waals surface area (Å²) in [6.07, 6.45) is 1.64. The molecule has 0 fully saturated rings. The summed E-state index contributed by atoms with van der Waals surface area (Å²) in [5.74, 6) is -0.113. The molecule has 0 aliphatic heterocycles. The zero-order chi connectivity index (χ0) is 18.0. The largest absolute Gasteiger partial charge is 0.350 e. The lowest BCUT2D eigenvalue weighted by molar-refractivity contribution is 0.563. The maximum absolute atomic E-state index is 12.3. The normalized spacial score (nSPS) is 11.5. The predicted octanol–water partition coefficient (Wildman–Crippen LogP) is 1.89. The van der Waals surface area contributed by atoms with Crippen molar-refractivity contribution in [2.45, 2.75) is 17.9 Å². The first-order valence-electron chi connectivity index (χ1n) is 7.38. The molecule has 3 rings (SSSR count). The Balaban J connectivity index is 1.75. The number of halogens is 1. The number of aryl methyl sites for hydroxylation is 1.